The van der Waals surface area contributed by atoms with E-state index in [2.05, 4.69) is 0 Å². The highest BCUT2D eigenvalue weighted by molar-refractivity contribution is 7.94. The van der Waals surface area contributed by atoms with Crippen LogP contribution >= 0.6 is 0 Å². The van der Waals surface area contributed by atoms with Crippen molar-refractivity contribution in [3.63, 3.8) is 0 Å². The van der Waals surface area contributed by atoms with E-state index in [0.29, 0.717) is 4.31 Å². The molecule has 0 saturated heterocycles. The monoisotopic (exact) mass is 334 g/mol. The van der Waals surface area contributed by atoms with Crippen molar-refractivity contribution in [1.82, 2.24) is 0 Å². The van der Waals surface area contributed by atoms with Gasteiger partial charge in [-0.2, -0.15) is 4.31 Å². The van der Waals surface area contributed by atoms with E-state index in [1.807, 2.05) is 0 Å². The van der Waals surface area contributed by atoms with Crippen molar-refractivity contribution in [3.8, 4) is 5.75 Å². The Hall–Kier alpha value is -2.94. The number of fused-ring (bicyclic) bond motifs is 1. The summed E-state index contributed by atoms with van der Waals surface area (Å²) in [5.41, 5.74) is -0.524. The number of benzene rings is 2. The Labute approximate surface area is 131 Å². The molecule has 0 saturated carbocycles. The highest BCUT2D eigenvalue weighted by Crippen LogP contribution is 2.40. The summed E-state index contributed by atoms with van der Waals surface area (Å²) in [7, 11) is -2.86. The number of carbonyl (C=O) groups excluding carboxylic acids is 1. The van der Waals surface area contributed by atoms with Gasteiger partial charge in [0.25, 0.3) is 21.6 Å². The highest BCUT2D eigenvalue weighted by atomic mass is 32.2. The van der Waals surface area contributed by atoms with Crippen LogP contribution in [0, 0.1) is 10.1 Å². The van der Waals surface area contributed by atoms with Crippen molar-refractivity contribution in [2.75, 3.05) is 11.4 Å². The molecule has 1 aliphatic rings. The van der Waals surface area contributed by atoms with Crippen LogP contribution in [0.1, 0.15) is 10.4 Å². The number of sulfonamides is 1. The third-order valence-corrected chi connectivity index (χ3v) is 5.17. The lowest BCUT2D eigenvalue weighted by Crippen LogP contribution is -2.30. The molecule has 0 atom stereocenters. The van der Waals surface area contributed by atoms with Crippen LogP contribution in [0.4, 0.5) is 11.4 Å². The summed E-state index contributed by atoms with van der Waals surface area (Å²) in [4.78, 5) is 22.6. The van der Waals surface area contributed by atoms with Crippen molar-refractivity contribution in [3.05, 3.63) is 58.1 Å². The number of nitrogens with zero attached hydrogens (tertiary/aromatic N) is 2. The molecule has 1 amide bonds. The zero-order chi connectivity index (χ0) is 16.8. The smallest absolute Gasteiger partial charge is 0.273 e. The Morgan fingerprint density at radius 1 is 1.17 bits per heavy atom. The van der Waals surface area contributed by atoms with Crippen LogP contribution < -0.4 is 9.04 Å². The molecule has 0 bridgehead atoms. The molecule has 0 radical (unpaired) electrons. The molecular formula is C14H10N2O6S. The number of non-ortho nitro benzene ring substituents is 1. The second-order valence-electron chi connectivity index (χ2n) is 4.68. The molecule has 0 fully saturated rings. The molecule has 2 aromatic carbocycles. The van der Waals surface area contributed by atoms with Crippen LogP contribution in [-0.4, -0.2) is 26.4 Å². The van der Waals surface area contributed by atoms with E-state index in [1.54, 1.807) is 6.07 Å². The van der Waals surface area contributed by atoms with Gasteiger partial charge in [-0.1, -0.05) is 12.1 Å². The van der Waals surface area contributed by atoms with Gasteiger partial charge < -0.3 is 4.74 Å². The minimum absolute atomic E-state index is 0.0149. The minimum atomic E-state index is -4.14. The molecule has 0 unspecified atom stereocenters. The number of anilines is 1. The maximum absolute atomic E-state index is 12.6. The summed E-state index contributed by atoms with van der Waals surface area (Å²) in [6, 6.07) is 9.16. The largest absolute Gasteiger partial charge is 0.495 e. The molecule has 0 aliphatic carbocycles. The maximum atomic E-state index is 12.6. The molecule has 0 aromatic heterocycles. The molecule has 2 aromatic rings. The molecule has 118 valence electrons. The van der Waals surface area contributed by atoms with E-state index < -0.39 is 20.9 Å². The lowest BCUT2D eigenvalue weighted by Gasteiger charge is -2.17. The fourth-order valence-electron chi connectivity index (χ4n) is 2.37. The van der Waals surface area contributed by atoms with Gasteiger partial charge in [0, 0.05) is 12.1 Å². The van der Waals surface area contributed by atoms with E-state index in [9.17, 15) is 23.3 Å². The molecular weight excluding hydrogens is 324 g/mol. The van der Waals surface area contributed by atoms with Crippen LogP contribution in [0.25, 0.3) is 0 Å². The standard InChI is InChI=1S/C14H10N2O6S/c1-22-12-7-6-9(16(18)19)8-11(12)15-14(17)10-4-2-3-5-13(10)23(15,20)21/h2-8H,1H3. The Morgan fingerprint density at radius 2 is 1.87 bits per heavy atom. The van der Waals surface area contributed by atoms with Crippen molar-refractivity contribution in [2.45, 2.75) is 4.90 Å². The number of amides is 1. The topological polar surface area (TPSA) is 107 Å². The maximum Gasteiger partial charge on any atom is 0.273 e. The first-order valence-electron chi connectivity index (χ1n) is 6.39. The van der Waals surface area contributed by atoms with Gasteiger partial charge >= 0.3 is 0 Å². The van der Waals surface area contributed by atoms with E-state index in [1.165, 1.54) is 37.4 Å². The molecule has 23 heavy (non-hydrogen) atoms. The first-order valence-corrected chi connectivity index (χ1v) is 7.83. The van der Waals surface area contributed by atoms with E-state index in [4.69, 9.17) is 4.74 Å². The average molecular weight is 334 g/mol. The third-order valence-electron chi connectivity index (χ3n) is 3.41. The van der Waals surface area contributed by atoms with Gasteiger partial charge in [-0.15, -0.1) is 0 Å². The number of hydrogen-bond donors (Lipinski definition) is 0. The van der Waals surface area contributed by atoms with Crippen molar-refractivity contribution in [1.29, 1.82) is 0 Å². The van der Waals surface area contributed by atoms with Crippen LogP contribution in [0.15, 0.2) is 47.4 Å². The third kappa shape index (κ3) is 2.13. The second kappa shape index (κ2) is 5.06. The highest BCUT2D eigenvalue weighted by Gasteiger charge is 2.43. The first kappa shape index (κ1) is 15.0. The van der Waals surface area contributed by atoms with Crippen LogP contribution in [0.3, 0.4) is 0 Å². The lowest BCUT2D eigenvalue weighted by molar-refractivity contribution is -0.384. The molecule has 8 nitrogen and oxygen atoms in total. The fourth-order valence-corrected chi connectivity index (χ4v) is 3.97. The van der Waals surface area contributed by atoms with Crippen LogP contribution in [0.2, 0.25) is 0 Å². The van der Waals surface area contributed by atoms with Crippen molar-refractivity contribution in [2.24, 2.45) is 0 Å². The Bertz CT molecular complexity index is 938. The Kier molecular flexibility index (Phi) is 3.29. The normalized spacial score (nSPS) is 15.3. The van der Waals surface area contributed by atoms with E-state index in [-0.39, 0.29) is 27.6 Å². The second-order valence-corrected chi connectivity index (χ2v) is 6.44. The first-order chi connectivity index (χ1) is 10.9. The SMILES string of the molecule is COc1ccc([N+](=O)[O-])cc1N1C(=O)c2ccccc2S1(=O)=O. The van der Waals surface area contributed by atoms with Gasteiger partial charge in [0.05, 0.1) is 17.6 Å². The zero-order valence-electron chi connectivity index (χ0n) is 11.8. The summed E-state index contributed by atoms with van der Waals surface area (Å²) in [5.74, 6) is -0.736. The summed E-state index contributed by atoms with van der Waals surface area (Å²) < 4.78 is 30.8. The number of carbonyl (C=O) groups is 1. The predicted octanol–water partition coefficient (Wildman–Crippen LogP) is 1.95. The van der Waals surface area contributed by atoms with Crippen LogP contribution in [0.5, 0.6) is 5.75 Å². The molecule has 0 N–H and O–H groups in total. The lowest BCUT2D eigenvalue weighted by atomic mass is 10.2. The Balaban J connectivity index is 2.26. The van der Waals surface area contributed by atoms with Gasteiger partial charge in [0.15, 0.2) is 0 Å². The fraction of sp³-hybridized carbons (Fsp3) is 0.0714. The molecule has 1 heterocycles. The summed E-state index contributed by atoms with van der Waals surface area (Å²) >= 11 is 0. The summed E-state index contributed by atoms with van der Waals surface area (Å²) in [5, 5.41) is 10.9. The predicted molar refractivity (Wildman–Crippen MR) is 80.1 cm³/mol. The van der Waals surface area contributed by atoms with Crippen molar-refractivity contribution < 1.29 is 22.9 Å². The molecule has 0 spiro atoms. The van der Waals surface area contributed by atoms with E-state index in [0.717, 1.165) is 6.07 Å². The van der Waals surface area contributed by atoms with Gasteiger partial charge in [-0.3, -0.25) is 14.9 Å². The number of ether oxygens (including phenoxy) is 1. The number of hydrogen-bond acceptors (Lipinski definition) is 6. The van der Waals surface area contributed by atoms with Gasteiger partial charge in [-0.25, -0.2) is 8.42 Å². The zero-order valence-corrected chi connectivity index (χ0v) is 12.6. The van der Waals surface area contributed by atoms with Crippen LogP contribution in [-0.2, 0) is 10.0 Å². The van der Waals surface area contributed by atoms with E-state index >= 15 is 0 Å². The average Bonchev–Trinajstić information content (AvgIpc) is 2.74. The number of methoxy groups -OCH3 is 1. The van der Waals surface area contributed by atoms with Gasteiger partial charge in [0.1, 0.15) is 16.3 Å². The molecule has 9 heteroatoms. The quantitative estimate of drug-likeness (QED) is 0.627. The number of nitro groups is 1. The summed E-state index contributed by atoms with van der Waals surface area (Å²) in [6.07, 6.45) is 0. The summed E-state index contributed by atoms with van der Waals surface area (Å²) in [6.45, 7) is 0. The number of rotatable bonds is 3. The van der Waals surface area contributed by atoms with Crippen molar-refractivity contribution >= 4 is 27.3 Å². The minimum Gasteiger partial charge on any atom is -0.495 e. The Morgan fingerprint density at radius 3 is 2.48 bits per heavy atom. The van der Waals surface area contributed by atoms with Gasteiger partial charge in [0.2, 0.25) is 0 Å². The van der Waals surface area contributed by atoms with Gasteiger partial charge in [-0.05, 0) is 18.2 Å². The molecule has 1 aliphatic heterocycles. The molecule has 3 rings (SSSR count). The number of nitro benzene ring substituents is 1.